The molecule has 0 radical (unpaired) electrons. The van der Waals surface area contributed by atoms with E-state index in [1.54, 1.807) is 7.11 Å². The third kappa shape index (κ3) is 2.54. The molecule has 0 aromatic heterocycles. The van der Waals surface area contributed by atoms with Gasteiger partial charge < -0.3 is 9.84 Å². The van der Waals surface area contributed by atoms with E-state index in [4.69, 9.17) is 9.84 Å². The second kappa shape index (κ2) is 4.56. The van der Waals surface area contributed by atoms with Crippen LogP contribution in [-0.2, 0) is 4.79 Å². The average molecular weight is 220 g/mol. The molecule has 0 bridgehead atoms. The van der Waals surface area contributed by atoms with Gasteiger partial charge in [0.2, 0.25) is 0 Å². The Morgan fingerprint density at radius 3 is 2.88 bits per heavy atom. The molecule has 0 saturated heterocycles. The topological polar surface area (TPSA) is 46.5 Å². The van der Waals surface area contributed by atoms with Gasteiger partial charge in [0, 0.05) is 0 Å². The summed E-state index contributed by atoms with van der Waals surface area (Å²) in [6.07, 6.45) is 2.52. The van der Waals surface area contributed by atoms with Gasteiger partial charge in [-0.3, -0.25) is 4.79 Å². The highest BCUT2D eigenvalue weighted by molar-refractivity contribution is 5.68. The number of carboxylic acid groups (broad SMARTS) is 1. The molecule has 1 aromatic carbocycles. The fraction of sp³-hybridized carbons (Fsp3) is 0.462. The van der Waals surface area contributed by atoms with Gasteiger partial charge in [-0.2, -0.15) is 0 Å². The number of hydrogen-bond acceptors (Lipinski definition) is 2. The number of ether oxygens (including phenoxy) is 1. The number of benzene rings is 1. The maximum atomic E-state index is 10.8. The van der Waals surface area contributed by atoms with Gasteiger partial charge in [0.15, 0.2) is 0 Å². The Labute approximate surface area is 95.0 Å². The van der Waals surface area contributed by atoms with Crippen molar-refractivity contribution in [2.75, 3.05) is 7.11 Å². The van der Waals surface area contributed by atoms with E-state index in [-0.39, 0.29) is 12.3 Å². The highest BCUT2D eigenvalue weighted by Gasteiger charge is 2.33. The van der Waals surface area contributed by atoms with Crippen molar-refractivity contribution in [3.05, 3.63) is 29.8 Å². The van der Waals surface area contributed by atoms with Crippen LogP contribution in [0.5, 0.6) is 5.75 Å². The van der Waals surface area contributed by atoms with Gasteiger partial charge in [0.05, 0.1) is 13.5 Å². The van der Waals surface area contributed by atoms with E-state index < -0.39 is 5.97 Å². The first kappa shape index (κ1) is 11.0. The van der Waals surface area contributed by atoms with Crippen molar-refractivity contribution in [2.24, 2.45) is 5.92 Å². The monoisotopic (exact) mass is 220 g/mol. The first-order chi connectivity index (χ1) is 7.70. The summed E-state index contributed by atoms with van der Waals surface area (Å²) in [6, 6.07) is 7.75. The van der Waals surface area contributed by atoms with Crippen molar-refractivity contribution in [2.45, 2.75) is 25.2 Å². The van der Waals surface area contributed by atoms with E-state index in [9.17, 15) is 4.79 Å². The van der Waals surface area contributed by atoms with Crippen LogP contribution in [0.15, 0.2) is 24.3 Å². The molecule has 1 atom stereocenters. The lowest BCUT2D eigenvalue weighted by Crippen LogP contribution is -2.08. The number of aliphatic carboxylic acids is 1. The fourth-order valence-corrected chi connectivity index (χ4v) is 2.12. The fourth-order valence-electron chi connectivity index (χ4n) is 2.12. The molecule has 0 heterocycles. The van der Waals surface area contributed by atoms with Crippen molar-refractivity contribution in [3.63, 3.8) is 0 Å². The average Bonchev–Trinajstić information content (AvgIpc) is 3.09. The summed E-state index contributed by atoms with van der Waals surface area (Å²) in [7, 11) is 1.63. The quantitative estimate of drug-likeness (QED) is 0.829. The first-order valence-corrected chi connectivity index (χ1v) is 5.56. The highest BCUT2D eigenvalue weighted by atomic mass is 16.5. The molecule has 16 heavy (non-hydrogen) atoms. The predicted octanol–water partition coefficient (Wildman–Crippen LogP) is 2.66. The van der Waals surface area contributed by atoms with Crippen LogP contribution in [-0.4, -0.2) is 18.2 Å². The van der Waals surface area contributed by atoms with E-state index in [1.165, 1.54) is 0 Å². The number of carboxylic acids is 1. The zero-order valence-corrected chi connectivity index (χ0v) is 9.35. The van der Waals surface area contributed by atoms with E-state index in [0.717, 1.165) is 24.2 Å². The van der Waals surface area contributed by atoms with E-state index in [1.807, 2.05) is 24.3 Å². The summed E-state index contributed by atoms with van der Waals surface area (Å²) in [5.41, 5.74) is 1.09. The Kier molecular flexibility index (Phi) is 3.13. The van der Waals surface area contributed by atoms with Crippen LogP contribution in [0.4, 0.5) is 0 Å². The SMILES string of the molecule is COc1cccc([C@H](CC(=O)O)C2CC2)c1. The van der Waals surface area contributed by atoms with Gasteiger partial charge in [0.25, 0.3) is 0 Å². The molecule has 0 spiro atoms. The zero-order chi connectivity index (χ0) is 11.5. The molecule has 0 unspecified atom stereocenters. The number of methoxy groups -OCH3 is 1. The van der Waals surface area contributed by atoms with Crippen LogP contribution in [0, 0.1) is 5.92 Å². The van der Waals surface area contributed by atoms with Crippen molar-refractivity contribution >= 4 is 5.97 Å². The lowest BCUT2D eigenvalue weighted by Gasteiger charge is -2.15. The molecule has 1 fully saturated rings. The third-order valence-electron chi connectivity index (χ3n) is 3.11. The van der Waals surface area contributed by atoms with Gasteiger partial charge >= 0.3 is 5.97 Å². The summed E-state index contributed by atoms with van der Waals surface area (Å²) in [5, 5.41) is 8.92. The standard InChI is InChI=1S/C13H16O3/c1-16-11-4-2-3-10(7-11)12(8-13(14)15)9-5-6-9/h2-4,7,9,12H,5-6,8H2,1H3,(H,14,15)/t12-/m1/s1. The zero-order valence-electron chi connectivity index (χ0n) is 9.35. The maximum absolute atomic E-state index is 10.8. The van der Waals surface area contributed by atoms with Crippen LogP contribution < -0.4 is 4.74 Å². The van der Waals surface area contributed by atoms with Crippen molar-refractivity contribution in [1.29, 1.82) is 0 Å². The first-order valence-electron chi connectivity index (χ1n) is 5.56. The smallest absolute Gasteiger partial charge is 0.303 e. The van der Waals surface area contributed by atoms with Gasteiger partial charge in [-0.05, 0) is 42.4 Å². The van der Waals surface area contributed by atoms with E-state index >= 15 is 0 Å². The number of rotatable bonds is 5. The Balaban J connectivity index is 2.20. The molecule has 0 aliphatic heterocycles. The van der Waals surface area contributed by atoms with Crippen LogP contribution in [0.2, 0.25) is 0 Å². The minimum Gasteiger partial charge on any atom is -0.497 e. The Bertz CT molecular complexity index is 383. The summed E-state index contributed by atoms with van der Waals surface area (Å²) in [5.74, 6) is 0.768. The maximum Gasteiger partial charge on any atom is 0.303 e. The predicted molar refractivity (Wildman–Crippen MR) is 60.7 cm³/mol. The summed E-state index contributed by atoms with van der Waals surface area (Å²) in [4.78, 5) is 10.8. The van der Waals surface area contributed by atoms with Crippen molar-refractivity contribution in [3.8, 4) is 5.75 Å². The van der Waals surface area contributed by atoms with E-state index in [2.05, 4.69) is 0 Å². The number of carbonyl (C=O) groups is 1. The lowest BCUT2D eigenvalue weighted by atomic mass is 9.91. The molecular formula is C13H16O3. The normalized spacial score (nSPS) is 16.8. The molecule has 0 amide bonds. The minimum absolute atomic E-state index is 0.146. The van der Waals surface area contributed by atoms with Gasteiger partial charge in [-0.25, -0.2) is 0 Å². The Hall–Kier alpha value is -1.51. The molecule has 86 valence electrons. The largest absolute Gasteiger partial charge is 0.497 e. The van der Waals surface area contributed by atoms with Crippen LogP contribution >= 0.6 is 0 Å². The van der Waals surface area contributed by atoms with Gasteiger partial charge in [-0.15, -0.1) is 0 Å². The summed E-state index contributed by atoms with van der Waals surface area (Å²) in [6.45, 7) is 0. The molecule has 2 rings (SSSR count). The molecule has 1 saturated carbocycles. The van der Waals surface area contributed by atoms with Crippen LogP contribution in [0.3, 0.4) is 0 Å². The van der Waals surface area contributed by atoms with Crippen LogP contribution in [0.1, 0.15) is 30.7 Å². The van der Waals surface area contributed by atoms with Crippen LogP contribution in [0.25, 0.3) is 0 Å². The molecule has 3 nitrogen and oxygen atoms in total. The molecule has 1 aliphatic carbocycles. The Morgan fingerprint density at radius 2 is 2.31 bits per heavy atom. The van der Waals surface area contributed by atoms with Crippen molar-refractivity contribution < 1.29 is 14.6 Å². The second-order valence-corrected chi connectivity index (χ2v) is 4.32. The Morgan fingerprint density at radius 1 is 1.56 bits per heavy atom. The van der Waals surface area contributed by atoms with E-state index in [0.29, 0.717) is 5.92 Å². The lowest BCUT2D eigenvalue weighted by molar-refractivity contribution is -0.137. The molecule has 1 aliphatic rings. The molecule has 1 aromatic rings. The van der Waals surface area contributed by atoms with Gasteiger partial charge in [-0.1, -0.05) is 12.1 Å². The second-order valence-electron chi connectivity index (χ2n) is 4.32. The third-order valence-corrected chi connectivity index (χ3v) is 3.11. The highest BCUT2D eigenvalue weighted by Crippen LogP contribution is 2.44. The summed E-state index contributed by atoms with van der Waals surface area (Å²) < 4.78 is 5.16. The molecule has 3 heteroatoms. The summed E-state index contributed by atoms with van der Waals surface area (Å²) >= 11 is 0. The minimum atomic E-state index is -0.722. The van der Waals surface area contributed by atoms with Crippen molar-refractivity contribution in [1.82, 2.24) is 0 Å². The number of hydrogen-bond donors (Lipinski definition) is 1. The molecule has 1 N–H and O–H groups in total. The molecular weight excluding hydrogens is 204 g/mol. The van der Waals surface area contributed by atoms with Gasteiger partial charge in [0.1, 0.15) is 5.75 Å².